The van der Waals surface area contributed by atoms with E-state index in [1.54, 1.807) is 13.1 Å². The van der Waals surface area contributed by atoms with Crippen LogP contribution in [0.2, 0.25) is 0 Å². The van der Waals surface area contributed by atoms with Crippen LogP contribution in [0, 0.1) is 6.92 Å². The first-order valence-corrected chi connectivity index (χ1v) is 9.96. The van der Waals surface area contributed by atoms with Gasteiger partial charge in [-0.2, -0.15) is 5.10 Å². The zero-order valence-electron chi connectivity index (χ0n) is 16.8. The van der Waals surface area contributed by atoms with Crippen LogP contribution in [0.3, 0.4) is 0 Å². The fourth-order valence-corrected chi connectivity index (χ4v) is 3.92. The number of hydrogen-bond acceptors (Lipinski definition) is 6. The van der Waals surface area contributed by atoms with E-state index in [0.29, 0.717) is 23.6 Å². The number of fused-ring (bicyclic) bond motifs is 1. The van der Waals surface area contributed by atoms with E-state index >= 15 is 0 Å². The standard InChI is InChI=1S/C24H20N4O3/c1-14-11-21(29)22(24(30)31-14)20-12-19(26-17-9-5-6-10-18(17)27-20)16-13-25-28-23(16)15-7-3-2-4-8-15/h2-11,13,19,26,29H,12H2,1H3,(H,25,28)/t19-/m1/s1. The molecule has 0 saturated heterocycles. The van der Waals surface area contributed by atoms with E-state index in [1.165, 1.54) is 6.07 Å². The number of hydrogen-bond donors (Lipinski definition) is 3. The third-order valence-electron chi connectivity index (χ3n) is 5.34. The van der Waals surface area contributed by atoms with Crippen LogP contribution in [0.4, 0.5) is 11.4 Å². The molecular formula is C24H20N4O3. The number of aromatic hydroxyl groups is 1. The minimum atomic E-state index is -0.607. The summed E-state index contributed by atoms with van der Waals surface area (Å²) in [5, 5.41) is 21.4. The molecule has 2 aromatic carbocycles. The molecule has 0 unspecified atom stereocenters. The number of para-hydroxylation sites is 2. The summed E-state index contributed by atoms with van der Waals surface area (Å²) in [6, 6.07) is 18.7. The van der Waals surface area contributed by atoms with Gasteiger partial charge in [-0.1, -0.05) is 42.5 Å². The Hall–Kier alpha value is -4.13. The summed E-state index contributed by atoms with van der Waals surface area (Å²) in [6.07, 6.45) is 2.14. The topological polar surface area (TPSA) is 104 Å². The van der Waals surface area contributed by atoms with Crippen molar-refractivity contribution in [2.45, 2.75) is 19.4 Å². The molecule has 0 bridgehead atoms. The second-order valence-corrected chi connectivity index (χ2v) is 7.45. The van der Waals surface area contributed by atoms with Crippen molar-refractivity contribution in [1.29, 1.82) is 0 Å². The Kier molecular flexibility index (Phi) is 4.63. The molecule has 31 heavy (non-hydrogen) atoms. The van der Waals surface area contributed by atoms with Crippen molar-refractivity contribution in [2.75, 3.05) is 5.32 Å². The van der Waals surface area contributed by atoms with E-state index in [0.717, 1.165) is 22.5 Å². The number of aryl methyl sites for hydroxylation is 1. The molecule has 7 nitrogen and oxygen atoms in total. The maximum Gasteiger partial charge on any atom is 0.348 e. The van der Waals surface area contributed by atoms with Gasteiger partial charge in [-0.25, -0.2) is 4.79 Å². The first kappa shape index (κ1) is 18.9. The lowest BCUT2D eigenvalue weighted by Gasteiger charge is -2.19. The molecule has 4 aromatic rings. The van der Waals surface area contributed by atoms with Gasteiger partial charge in [-0.05, 0) is 24.6 Å². The molecule has 7 heteroatoms. The molecular weight excluding hydrogens is 392 g/mol. The number of aromatic amines is 1. The molecule has 0 spiro atoms. The van der Waals surface area contributed by atoms with Gasteiger partial charge in [0.1, 0.15) is 17.1 Å². The van der Waals surface area contributed by atoms with Crippen LogP contribution in [0.5, 0.6) is 5.75 Å². The summed E-state index contributed by atoms with van der Waals surface area (Å²) in [7, 11) is 0. The van der Waals surface area contributed by atoms with E-state index in [1.807, 2.05) is 54.6 Å². The maximum atomic E-state index is 12.6. The van der Waals surface area contributed by atoms with E-state index < -0.39 is 5.63 Å². The van der Waals surface area contributed by atoms with Gasteiger partial charge in [0.15, 0.2) is 0 Å². The molecule has 5 rings (SSSR count). The Bertz CT molecular complexity index is 1340. The number of nitrogens with one attached hydrogen (secondary N) is 2. The number of aliphatic imine (C=N–C) groups is 1. The normalized spacial score (nSPS) is 15.5. The number of rotatable bonds is 3. The summed E-state index contributed by atoms with van der Waals surface area (Å²) in [6.45, 7) is 1.62. The molecule has 0 aliphatic carbocycles. The zero-order chi connectivity index (χ0) is 21.4. The second kappa shape index (κ2) is 7.60. The van der Waals surface area contributed by atoms with Gasteiger partial charge >= 0.3 is 5.63 Å². The Balaban J connectivity index is 1.65. The zero-order valence-corrected chi connectivity index (χ0v) is 16.8. The lowest BCUT2D eigenvalue weighted by Crippen LogP contribution is -2.20. The van der Waals surface area contributed by atoms with Crippen LogP contribution in [-0.2, 0) is 0 Å². The van der Waals surface area contributed by atoms with Crippen molar-refractivity contribution >= 4 is 17.1 Å². The fourth-order valence-electron chi connectivity index (χ4n) is 3.92. The summed E-state index contributed by atoms with van der Waals surface area (Å²) in [5.41, 5.74) is 4.27. The summed E-state index contributed by atoms with van der Waals surface area (Å²) in [4.78, 5) is 17.3. The molecule has 3 N–H and O–H groups in total. The van der Waals surface area contributed by atoms with Crippen LogP contribution in [0.1, 0.15) is 29.3 Å². The monoisotopic (exact) mass is 412 g/mol. The molecule has 0 fully saturated rings. The fraction of sp³-hybridized carbons (Fsp3) is 0.125. The highest BCUT2D eigenvalue weighted by atomic mass is 16.4. The second-order valence-electron chi connectivity index (χ2n) is 7.45. The Morgan fingerprint density at radius 1 is 1.10 bits per heavy atom. The largest absolute Gasteiger partial charge is 0.507 e. The van der Waals surface area contributed by atoms with Crippen molar-refractivity contribution in [1.82, 2.24) is 10.2 Å². The quantitative estimate of drug-likeness (QED) is 0.452. The SMILES string of the molecule is Cc1cc(O)c(C2=Nc3ccccc3N[C@@H](c3cn[nH]c3-c3ccccc3)C2)c(=O)o1. The van der Waals surface area contributed by atoms with Crippen molar-refractivity contribution in [3.05, 3.63) is 94.2 Å². The summed E-state index contributed by atoms with van der Waals surface area (Å²) < 4.78 is 5.25. The van der Waals surface area contributed by atoms with E-state index in [4.69, 9.17) is 9.41 Å². The van der Waals surface area contributed by atoms with Crippen LogP contribution in [0.15, 0.2) is 81.1 Å². The third-order valence-corrected chi connectivity index (χ3v) is 5.34. The van der Waals surface area contributed by atoms with Gasteiger partial charge < -0.3 is 14.8 Å². The van der Waals surface area contributed by atoms with Crippen LogP contribution < -0.4 is 10.9 Å². The maximum absolute atomic E-state index is 12.6. The Morgan fingerprint density at radius 3 is 2.68 bits per heavy atom. The molecule has 0 amide bonds. The molecule has 1 atom stereocenters. The van der Waals surface area contributed by atoms with Gasteiger partial charge in [0, 0.05) is 18.1 Å². The van der Waals surface area contributed by atoms with Crippen molar-refractivity contribution in [3.63, 3.8) is 0 Å². The lowest BCUT2D eigenvalue weighted by molar-refractivity contribution is 0.432. The molecule has 0 radical (unpaired) electrons. The van der Waals surface area contributed by atoms with Crippen molar-refractivity contribution in [3.8, 4) is 17.0 Å². The molecule has 2 aromatic heterocycles. The van der Waals surface area contributed by atoms with E-state index in [2.05, 4.69) is 15.5 Å². The first-order chi connectivity index (χ1) is 15.1. The van der Waals surface area contributed by atoms with Crippen LogP contribution in [0.25, 0.3) is 11.3 Å². The Morgan fingerprint density at radius 2 is 1.87 bits per heavy atom. The predicted molar refractivity (Wildman–Crippen MR) is 119 cm³/mol. The summed E-state index contributed by atoms with van der Waals surface area (Å²) in [5.74, 6) is 0.206. The molecule has 1 aliphatic rings. The average molecular weight is 412 g/mol. The molecule has 1 aliphatic heterocycles. The van der Waals surface area contributed by atoms with Crippen molar-refractivity contribution in [2.24, 2.45) is 4.99 Å². The molecule has 3 heterocycles. The Labute approximate surface area is 178 Å². The van der Waals surface area contributed by atoms with E-state index in [-0.39, 0.29) is 17.4 Å². The smallest absolute Gasteiger partial charge is 0.348 e. The number of benzene rings is 2. The van der Waals surface area contributed by atoms with Gasteiger partial charge in [0.25, 0.3) is 0 Å². The predicted octanol–water partition coefficient (Wildman–Crippen LogP) is 4.72. The van der Waals surface area contributed by atoms with Gasteiger partial charge in [0.2, 0.25) is 0 Å². The highest BCUT2D eigenvalue weighted by Gasteiger charge is 2.27. The highest BCUT2D eigenvalue weighted by Crippen LogP contribution is 2.38. The minimum absolute atomic E-state index is 0.0823. The number of anilines is 1. The number of H-pyrrole nitrogens is 1. The summed E-state index contributed by atoms with van der Waals surface area (Å²) >= 11 is 0. The van der Waals surface area contributed by atoms with Crippen LogP contribution >= 0.6 is 0 Å². The highest BCUT2D eigenvalue weighted by molar-refractivity contribution is 6.05. The number of aromatic nitrogens is 2. The van der Waals surface area contributed by atoms with Gasteiger partial charge in [0.05, 0.1) is 35.0 Å². The van der Waals surface area contributed by atoms with E-state index in [9.17, 15) is 9.90 Å². The third kappa shape index (κ3) is 3.50. The average Bonchev–Trinajstić information content (AvgIpc) is 3.16. The first-order valence-electron chi connectivity index (χ1n) is 9.96. The van der Waals surface area contributed by atoms with Crippen molar-refractivity contribution < 1.29 is 9.52 Å². The molecule has 154 valence electrons. The lowest BCUT2D eigenvalue weighted by atomic mass is 9.95. The number of nitrogens with zero attached hydrogens (tertiary/aromatic N) is 2. The molecule has 0 saturated carbocycles. The minimum Gasteiger partial charge on any atom is -0.507 e. The van der Waals surface area contributed by atoms with Crippen LogP contribution in [-0.4, -0.2) is 21.0 Å². The van der Waals surface area contributed by atoms with Gasteiger partial charge in [-0.15, -0.1) is 0 Å². The van der Waals surface area contributed by atoms with Gasteiger partial charge in [-0.3, -0.25) is 10.1 Å².